The molecule has 1 aliphatic heterocycles. The predicted molar refractivity (Wildman–Crippen MR) is 124 cm³/mol. The van der Waals surface area contributed by atoms with E-state index in [1.807, 2.05) is 11.6 Å². The summed E-state index contributed by atoms with van der Waals surface area (Å²) in [6, 6.07) is 12.5. The summed E-state index contributed by atoms with van der Waals surface area (Å²) in [5, 5.41) is 0. The van der Waals surface area contributed by atoms with Crippen LogP contribution in [-0.4, -0.2) is 36.3 Å². The van der Waals surface area contributed by atoms with Crippen molar-refractivity contribution in [3.63, 3.8) is 0 Å². The highest BCUT2D eigenvalue weighted by Crippen LogP contribution is 2.22. The number of hydrogen-bond acceptors (Lipinski definition) is 4. The Hall–Kier alpha value is -2.29. The second kappa shape index (κ2) is 9.06. The second-order valence-corrected chi connectivity index (χ2v) is 10.8. The summed E-state index contributed by atoms with van der Waals surface area (Å²) in [5.74, 6) is -0.376. The molecule has 4 rings (SSSR count). The van der Waals surface area contributed by atoms with E-state index in [4.69, 9.17) is 0 Å². The first-order chi connectivity index (χ1) is 14.9. The van der Waals surface area contributed by atoms with E-state index < -0.39 is 10.0 Å². The van der Waals surface area contributed by atoms with Crippen molar-refractivity contribution in [1.82, 2.24) is 8.87 Å². The molecule has 0 aliphatic carbocycles. The number of aromatic nitrogens is 1. The number of unbranched alkanes of at least 4 members (excludes halogenated alkanes) is 1. The Kier molecular flexibility index (Phi) is 6.41. The van der Waals surface area contributed by atoms with Gasteiger partial charge in [0.1, 0.15) is 0 Å². The molecule has 0 spiro atoms. The number of fused-ring (bicyclic) bond motifs is 1. The smallest absolute Gasteiger partial charge is 0.279 e. The van der Waals surface area contributed by atoms with Crippen molar-refractivity contribution in [2.45, 2.75) is 43.9 Å². The summed E-state index contributed by atoms with van der Waals surface area (Å²) in [7, 11) is -1.58. The van der Waals surface area contributed by atoms with Gasteiger partial charge in [-0.15, -0.1) is 0 Å². The molecule has 1 amide bonds. The molecule has 0 saturated carbocycles. The number of amides is 1. The Morgan fingerprint density at radius 1 is 1.10 bits per heavy atom. The third-order valence-corrected chi connectivity index (χ3v) is 8.70. The molecule has 6 nitrogen and oxygen atoms in total. The van der Waals surface area contributed by atoms with Crippen molar-refractivity contribution >= 4 is 37.5 Å². The fourth-order valence-corrected chi connectivity index (χ4v) is 6.42. The van der Waals surface area contributed by atoms with Gasteiger partial charge in [-0.25, -0.2) is 8.42 Å². The van der Waals surface area contributed by atoms with Crippen molar-refractivity contribution in [2.75, 3.05) is 13.1 Å². The largest absolute Gasteiger partial charge is 0.319 e. The lowest BCUT2D eigenvalue weighted by molar-refractivity contribution is 0.0998. The molecule has 1 saturated heterocycles. The minimum absolute atomic E-state index is 0.220. The molecule has 0 radical (unpaired) electrons. The van der Waals surface area contributed by atoms with Gasteiger partial charge in [-0.05, 0) is 67.6 Å². The fourth-order valence-electron chi connectivity index (χ4n) is 3.82. The number of carbonyl (C=O) groups excluding carboxylic acids is 1. The standard InChI is InChI=1S/C23H27N3O3S2/c1-3-4-7-17-8-13-20-21(16-17)30-23(25(20)2)24-22(27)18-9-11-19(12-10-18)31(28,29)26-14-5-6-15-26/h8-13,16H,3-7,14-15H2,1-2H3. The number of carbonyl (C=O) groups is 1. The molecule has 164 valence electrons. The third-order valence-electron chi connectivity index (χ3n) is 5.69. The number of nitrogens with zero attached hydrogens (tertiary/aromatic N) is 3. The molecule has 2 aromatic carbocycles. The lowest BCUT2D eigenvalue weighted by atomic mass is 10.1. The Morgan fingerprint density at radius 2 is 1.81 bits per heavy atom. The maximum Gasteiger partial charge on any atom is 0.279 e. The Morgan fingerprint density at radius 3 is 2.48 bits per heavy atom. The van der Waals surface area contributed by atoms with E-state index in [0.29, 0.717) is 23.5 Å². The molecule has 1 fully saturated rings. The molecule has 8 heteroatoms. The normalized spacial score (nSPS) is 15.7. The monoisotopic (exact) mass is 457 g/mol. The number of sulfonamides is 1. The number of hydrogen-bond donors (Lipinski definition) is 0. The van der Waals surface area contributed by atoms with Gasteiger partial charge >= 0.3 is 0 Å². The average Bonchev–Trinajstić information content (AvgIpc) is 3.42. The minimum atomic E-state index is -3.49. The SMILES string of the molecule is CCCCc1ccc2c(c1)sc(=NC(=O)c1ccc(S(=O)(=O)N3CCCC3)cc1)n2C. The van der Waals surface area contributed by atoms with Gasteiger partial charge < -0.3 is 4.57 Å². The highest BCUT2D eigenvalue weighted by atomic mass is 32.2. The summed E-state index contributed by atoms with van der Waals surface area (Å²) in [5.41, 5.74) is 2.72. The highest BCUT2D eigenvalue weighted by molar-refractivity contribution is 7.89. The van der Waals surface area contributed by atoms with Gasteiger partial charge in [-0.2, -0.15) is 9.30 Å². The van der Waals surface area contributed by atoms with E-state index >= 15 is 0 Å². The lowest BCUT2D eigenvalue weighted by Crippen LogP contribution is -2.27. The van der Waals surface area contributed by atoms with Gasteiger partial charge in [0.05, 0.1) is 15.1 Å². The van der Waals surface area contributed by atoms with Gasteiger partial charge in [0.15, 0.2) is 4.80 Å². The maximum absolute atomic E-state index is 12.7. The molecule has 0 atom stereocenters. The summed E-state index contributed by atoms with van der Waals surface area (Å²) in [4.78, 5) is 17.9. The molecule has 1 aromatic heterocycles. The van der Waals surface area contributed by atoms with E-state index in [9.17, 15) is 13.2 Å². The topological polar surface area (TPSA) is 71.7 Å². The van der Waals surface area contributed by atoms with Crippen LogP contribution >= 0.6 is 11.3 Å². The van der Waals surface area contributed by atoms with Gasteiger partial charge in [0, 0.05) is 25.7 Å². The highest BCUT2D eigenvalue weighted by Gasteiger charge is 2.27. The molecule has 2 heterocycles. The van der Waals surface area contributed by atoms with E-state index in [1.54, 1.807) is 12.1 Å². The van der Waals surface area contributed by atoms with Crippen LogP contribution in [0.15, 0.2) is 52.4 Å². The number of aryl methyl sites for hydroxylation is 2. The summed E-state index contributed by atoms with van der Waals surface area (Å²) >= 11 is 1.49. The van der Waals surface area contributed by atoms with E-state index in [0.717, 1.165) is 42.3 Å². The van der Waals surface area contributed by atoms with Crippen LogP contribution in [0.2, 0.25) is 0 Å². The van der Waals surface area contributed by atoms with Crippen LogP contribution in [0.3, 0.4) is 0 Å². The van der Waals surface area contributed by atoms with Crippen LogP contribution in [0, 0.1) is 0 Å². The van der Waals surface area contributed by atoms with Crippen LogP contribution < -0.4 is 4.80 Å². The average molecular weight is 458 g/mol. The first-order valence-electron chi connectivity index (χ1n) is 10.7. The van der Waals surface area contributed by atoms with E-state index in [1.165, 1.54) is 33.3 Å². The van der Waals surface area contributed by atoms with Crippen LogP contribution in [-0.2, 0) is 23.5 Å². The van der Waals surface area contributed by atoms with Crippen molar-refractivity contribution in [3.8, 4) is 0 Å². The maximum atomic E-state index is 12.7. The molecule has 3 aromatic rings. The van der Waals surface area contributed by atoms with Crippen molar-refractivity contribution in [1.29, 1.82) is 0 Å². The van der Waals surface area contributed by atoms with Crippen LogP contribution in [0.4, 0.5) is 0 Å². The lowest BCUT2D eigenvalue weighted by Gasteiger charge is -2.15. The van der Waals surface area contributed by atoms with Gasteiger partial charge in [-0.1, -0.05) is 30.7 Å². The Labute approximate surface area is 186 Å². The second-order valence-electron chi connectivity index (χ2n) is 7.90. The van der Waals surface area contributed by atoms with Gasteiger partial charge in [-0.3, -0.25) is 4.79 Å². The zero-order chi connectivity index (χ0) is 22.0. The minimum Gasteiger partial charge on any atom is -0.319 e. The number of benzene rings is 2. The zero-order valence-electron chi connectivity index (χ0n) is 17.9. The molecule has 0 N–H and O–H groups in total. The first kappa shape index (κ1) is 21.9. The number of rotatable bonds is 6. The van der Waals surface area contributed by atoms with E-state index in [2.05, 4.69) is 30.1 Å². The third kappa shape index (κ3) is 4.51. The van der Waals surface area contributed by atoms with Crippen LogP contribution in [0.1, 0.15) is 48.5 Å². The van der Waals surface area contributed by atoms with Gasteiger partial charge in [0.2, 0.25) is 10.0 Å². The predicted octanol–water partition coefficient (Wildman–Crippen LogP) is 4.11. The quantitative estimate of drug-likeness (QED) is 0.559. The Bertz CT molecular complexity index is 1270. The summed E-state index contributed by atoms with van der Waals surface area (Å²) in [6.45, 7) is 3.29. The molecule has 0 unspecified atom stereocenters. The molecule has 0 bridgehead atoms. The zero-order valence-corrected chi connectivity index (χ0v) is 19.5. The van der Waals surface area contributed by atoms with Crippen molar-refractivity contribution in [3.05, 3.63) is 58.4 Å². The van der Waals surface area contributed by atoms with Crippen molar-refractivity contribution in [2.24, 2.45) is 12.0 Å². The van der Waals surface area contributed by atoms with Gasteiger partial charge in [0.25, 0.3) is 5.91 Å². The molecule has 31 heavy (non-hydrogen) atoms. The number of thiazole rings is 1. The summed E-state index contributed by atoms with van der Waals surface area (Å²) < 4.78 is 29.9. The van der Waals surface area contributed by atoms with Crippen LogP contribution in [0.5, 0.6) is 0 Å². The summed E-state index contributed by atoms with van der Waals surface area (Å²) in [6.07, 6.45) is 5.14. The molecular formula is C23H27N3O3S2. The first-order valence-corrected chi connectivity index (χ1v) is 12.9. The van der Waals surface area contributed by atoms with Crippen molar-refractivity contribution < 1.29 is 13.2 Å². The Balaban J connectivity index is 1.59. The molecular weight excluding hydrogens is 430 g/mol. The van der Waals surface area contributed by atoms with E-state index in [-0.39, 0.29) is 10.8 Å². The fraction of sp³-hybridized carbons (Fsp3) is 0.391. The molecule has 1 aliphatic rings. The van der Waals surface area contributed by atoms with Crippen LogP contribution in [0.25, 0.3) is 10.2 Å².